The summed E-state index contributed by atoms with van der Waals surface area (Å²) in [6.07, 6.45) is 1.69. The summed E-state index contributed by atoms with van der Waals surface area (Å²) in [6, 6.07) is 9.04. The number of aromatic nitrogens is 2. The standard InChI is InChI=1S/C28H33ClN6O5/c1-7-22(17-13-18(26(30)37)23(39-6)14-21(17)31-5)40-16-8-9-20(19(29)12-16)32-27(38)33-25-15-24(28(2,3)4)34-35(25)10-11-36/h7-9,12-15,36H,5,10-11H2,1-4,6H3,(H2,30,37)(H2,32,33,38)/b22-7+. The van der Waals surface area contributed by atoms with E-state index in [2.05, 4.69) is 27.4 Å². The predicted molar refractivity (Wildman–Crippen MR) is 157 cm³/mol. The number of hydrogen-bond acceptors (Lipinski definition) is 7. The zero-order valence-electron chi connectivity index (χ0n) is 23.0. The summed E-state index contributed by atoms with van der Waals surface area (Å²) >= 11 is 6.46. The first kappa shape index (κ1) is 30.2. The van der Waals surface area contributed by atoms with Gasteiger partial charge in [-0.25, -0.2) is 9.48 Å². The maximum atomic E-state index is 12.8. The number of allylic oxidation sites excluding steroid dienone is 1. The van der Waals surface area contributed by atoms with Gasteiger partial charge < -0.3 is 25.6 Å². The number of primary amides is 1. The van der Waals surface area contributed by atoms with E-state index in [0.717, 1.165) is 5.69 Å². The van der Waals surface area contributed by atoms with Gasteiger partial charge in [0.25, 0.3) is 5.91 Å². The van der Waals surface area contributed by atoms with E-state index in [1.54, 1.807) is 37.3 Å². The van der Waals surface area contributed by atoms with E-state index in [1.807, 2.05) is 20.8 Å². The highest BCUT2D eigenvalue weighted by Gasteiger charge is 2.21. The topological polar surface area (TPSA) is 153 Å². The van der Waals surface area contributed by atoms with E-state index >= 15 is 0 Å². The van der Waals surface area contributed by atoms with Gasteiger partial charge in [0.1, 0.15) is 23.1 Å². The third kappa shape index (κ3) is 6.99. The van der Waals surface area contributed by atoms with Crippen molar-refractivity contribution in [3.05, 3.63) is 64.3 Å². The average Bonchev–Trinajstić information content (AvgIpc) is 3.30. The van der Waals surface area contributed by atoms with E-state index in [1.165, 1.54) is 23.9 Å². The number of benzene rings is 2. The number of anilines is 2. The summed E-state index contributed by atoms with van der Waals surface area (Å²) in [7, 11) is 1.42. The fraction of sp³-hybridized carbons (Fsp3) is 0.286. The van der Waals surface area contributed by atoms with Crippen molar-refractivity contribution in [2.75, 3.05) is 24.4 Å². The van der Waals surface area contributed by atoms with Crippen molar-refractivity contribution in [2.24, 2.45) is 10.7 Å². The lowest BCUT2D eigenvalue weighted by atomic mass is 9.92. The Balaban J connectivity index is 1.80. The molecule has 0 radical (unpaired) electrons. The zero-order valence-corrected chi connectivity index (χ0v) is 23.8. The molecule has 5 N–H and O–H groups in total. The minimum absolute atomic E-state index is 0.131. The van der Waals surface area contributed by atoms with Crippen molar-refractivity contribution in [3.8, 4) is 11.5 Å². The summed E-state index contributed by atoms with van der Waals surface area (Å²) in [4.78, 5) is 28.7. The van der Waals surface area contributed by atoms with Crippen LogP contribution in [-0.2, 0) is 12.0 Å². The van der Waals surface area contributed by atoms with Gasteiger partial charge in [-0.3, -0.25) is 15.1 Å². The first-order valence-corrected chi connectivity index (χ1v) is 12.7. The van der Waals surface area contributed by atoms with Crippen molar-refractivity contribution >= 4 is 53.2 Å². The van der Waals surface area contributed by atoms with Crippen LogP contribution in [0, 0.1) is 0 Å². The number of rotatable bonds is 10. The number of ether oxygens (including phenoxy) is 2. The SMILES string of the molecule is C=Nc1cc(OC)c(C(N)=O)cc1/C(=C\C)Oc1ccc(NC(=O)Nc2cc(C(C)(C)C)nn2CCO)c(Cl)c1. The lowest BCUT2D eigenvalue weighted by Crippen LogP contribution is -2.22. The molecular weight excluding hydrogens is 536 g/mol. The summed E-state index contributed by atoms with van der Waals surface area (Å²) < 4.78 is 12.8. The zero-order chi connectivity index (χ0) is 29.6. The molecule has 0 saturated carbocycles. The molecule has 0 fully saturated rings. The van der Waals surface area contributed by atoms with E-state index in [4.69, 9.17) is 26.8 Å². The molecular formula is C28H33ClN6O5. The lowest BCUT2D eigenvalue weighted by molar-refractivity contribution is 0.0997. The quantitative estimate of drug-likeness (QED) is 0.191. The number of aliphatic hydroxyl groups excluding tert-OH is 1. The van der Waals surface area contributed by atoms with Crippen LogP contribution in [0.1, 0.15) is 49.3 Å². The first-order valence-electron chi connectivity index (χ1n) is 12.3. The van der Waals surface area contributed by atoms with Crippen molar-refractivity contribution in [2.45, 2.75) is 39.7 Å². The van der Waals surface area contributed by atoms with Crippen LogP contribution in [0.2, 0.25) is 5.02 Å². The molecule has 1 aromatic heterocycles. The lowest BCUT2D eigenvalue weighted by Gasteiger charge is -2.16. The fourth-order valence-electron chi connectivity index (χ4n) is 3.73. The van der Waals surface area contributed by atoms with Crippen LogP contribution >= 0.6 is 11.6 Å². The Bertz CT molecular complexity index is 1460. The van der Waals surface area contributed by atoms with Gasteiger partial charge in [0.15, 0.2) is 0 Å². The first-order chi connectivity index (χ1) is 18.9. The number of hydrogen-bond donors (Lipinski definition) is 4. The highest BCUT2D eigenvalue weighted by molar-refractivity contribution is 6.34. The van der Waals surface area contributed by atoms with Crippen molar-refractivity contribution in [1.82, 2.24) is 9.78 Å². The van der Waals surface area contributed by atoms with Crippen LogP contribution < -0.4 is 25.8 Å². The van der Waals surface area contributed by atoms with Crippen LogP contribution in [0.4, 0.5) is 22.0 Å². The third-order valence-electron chi connectivity index (χ3n) is 5.80. The Hall–Kier alpha value is -4.35. The molecule has 212 valence electrons. The van der Waals surface area contributed by atoms with Gasteiger partial charge in [-0.15, -0.1) is 0 Å². The van der Waals surface area contributed by atoms with Gasteiger partial charge in [0.2, 0.25) is 0 Å². The monoisotopic (exact) mass is 568 g/mol. The summed E-state index contributed by atoms with van der Waals surface area (Å²) in [6.45, 7) is 11.5. The summed E-state index contributed by atoms with van der Waals surface area (Å²) in [5.41, 5.74) is 7.43. The molecule has 1 heterocycles. The van der Waals surface area contributed by atoms with Gasteiger partial charge in [-0.1, -0.05) is 32.4 Å². The molecule has 0 aliphatic carbocycles. The molecule has 3 amide bonds. The van der Waals surface area contributed by atoms with Gasteiger partial charge >= 0.3 is 6.03 Å². The molecule has 2 aromatic carbocycles. The molecule has 0 spiro atoms. The Labute approximate surface area is 237 Å². The number of aliphatic hydroxyl groups is 1. The number of nitrogens with one attached hydrogen (secondary N) is 2. The van der Waals surface area contributed by atoms with Crippen LogP contribution in [0.15, 0.2) is 47.5 Å². The number of amides is 3. The highest BCUT2D eigenvalue weighted by atomic mass is 35.5. The second kappa shape index (κ2) is 12.7. The van der Waals surface area contributed by atoms with Crippen LogP contribution in [0.3, 0.4) is 0 Å². The average molecular weight is 569 g/mol. The van der Waals surface area contributed by atoms with Crippen LogP contribution in [0.25, 0.3) is 5.76 Å². The molecule has 0 unspecified atom stereocenters. The number of halogens is 1. The largest absolute Gasteiger partial charge is 0.496 e. The molecule has 3 aromatic rings. The molecule has 0 aliphatic heterocycles. The molecule has 0 bridgehead atoms. The molecule has 3 rings (SSSR count). The van der Waals surface area contributed by atoms with E-state index in [0.29, 0.717) is 34.3 Å². The van der Waals surface area contributed by atoms with Gasteiger partial charge in [-0.2, -0.15) is 5.10 Å². The van der Waals surface area contributed by atoms with Gasteiger partial charge in [0.05, 0.1) is 47.9 Å². The normalized spacial score (nSPS) is 11.6. The number of methoxy groups -OCH3 is 1. The van der Waals surface area contributed by atoms with Crippen molar-refractivity contribution in [3.63, 3.8) is 0 Å². The predicted octanol–water partition coefficient (Wildman–Crippen LogP) is 5.35. The molecule has 11 nitrogen and oxygen atoms in total. The Morgan fingerprint density at radius 3 is 2.48 bits per heavy atom. The van der Waals surface area contributed by atoms with Crippen molar-refractivity contribution in [1.29, 1.82) is 0 Å². The third-order valence-corrected chi connectivity index (χ3v) is 6.11. The molecule has 0 saturated heterocycles. The summed E-state index contributed by atoms with van der Waals surface area (Å²) in [5.74, 6) is 0.766. The fourth-order valence-corrected chi connectivity index (χ4v) is 3.95. The van der Waals surface area contributed by atoms with Gasteiger partial charge in [-0.05, 0) is 37.9 Å². The minimum Gasteiger partial charge on any atom is -0.496 e. The second-order valence-electron chi connectivity index (χ2n) is 9.68. The van der Waals surface area contributed by atoms with E-state index in [-0.39, 0.29) is 34.9 Å². The molecule has 12 heteroatoms. The number of carbonyl (C=O) groups is 2. The Morgan fingerprint density at radius 2 is 1.93 bits per heavy atom. The smallest absolute Gasteiger partial charge is 0.324 e. The Kier molecular flexibility index (Phi) is 9.56. The summed E-state index contributed by atoms with van der Waals surface area (Å²) in [5, 5.41) is 19.5. The van der Waals surface area contributed by atoms with Crippen LogP contribution in [0.5, 0.6) is 11.5 Å². The second-order valence-corrected chi connectivity index (χ2v) is 10.1. The molecule has 0 aliphatic rings. The number of aliphatic imine (C=N–C) groups is 1. The number of nitrogens with two attached hydrogens (primary N) is 1. The molecule has 40 heavy (non-hydrogen) atoms. The highest BCUT2D eigenvalue weighted by Crippen LogP contribution is 2.36. The maximum absolute atomic E-state index is 12.8. The van der Waals surface area contributed by atoms with E-state index in [9.17, 15) is 14.7 Å². The number of urea groups is 1. The van der Waals surface area contributed by atoms with Crippen molar-refractivity contribution < 1.29 is 24.2 Å². The Morgan fingerprint density at radius 1 is 1.20 bits per heavy atom. The van der Waals surface area contributed by atoms with E-state index < -0.39 is 11.9 Å². The van der Waals surface area contributed by atoms with Crippen LogP contribution in [-0.4, -0.2) is 47.3 Å². The number of carbonyl (C=O) groups excluding carboxylic acids is 2. The minimum atomic E-state index is -0.671. The maximum Gasteiger partial charge on any atom is 0.324 e. The van der Waals surface area contributed by atoms with Gasteiger partial charge in [0, 0.05) is 29.2 Å². The molecule has 0 atom stereocenters. The number of nitrogens with zero attached hydrogens (tertiary/aromatic N) is 3.